The van der Waals surface area contributed by atoms with E-state index in [1.807, 2.05) is 13.5 Å². The van der Waals surface area contributed by atoms with Crippen molar-refractivity contribution < 1.29 is 22.8 Å². The smallest absolute Gasteiger partial charge is 0.380 e. The predicted octanol–water partition coefficient (Wildman–Crippen LogP) is 3.97. The highest BCUT2D eigenvalue weighted by molar-refractivity contribution is 6.74. The van der Waals surface area contributed by atoms with Crippen molar-refractivity contribution in [1.29, 1.82) is 0 Å². The third-order valence-electron chi connectivity index (χ3n) is 7.45. The number of rotatable bonds is 6. The van der Waals surface area contributed by atoms with Crippen molar-refractivity contribution in [3.05, 3.63) is 103 Å². The fourth-order valence-electron chi connectivity index (χ4n) is 4.95. The van der Waals surface area contributed by atoms with Gasteiger partial charge in [-0.25, -0.2) is 19.5 Å². The molecule has 2 atom stereocenters. The maximum absolute atomic E-state index is 14.0. The van der Waals surface area contributed by atoms with E-state index in [-0.39, 0.29) is 47.4 Å². The van der Waals surface area contributed by atoms with E-state index in [0.29, 0.717) is 27.0 Å². The summed E-state index contributed by atoms with van der Waals surface area (Å²) >= 11 is 12.2. The molecule has 0 aliphatic carbocycles. The minimum Gasteiger partial charge on any atom is -0.380 e. The largest absolute Gasteiger partial charge is 0.416 e. The summed E-state index contributed by atoms with van der Waals surface area (Å²) in [5.41, 5.74) is -0.148. The molecular formula is C29H26Cl2F3N7O3Si. The van der Waals surface area contributed by atoms with Crippen molar-refractivity contribution in [2.24, 2.45) is 0 Å². The molecule has 3 heterocycles. The van der Waals surface area contributed by atoms with Crippen LogP contribution in [0.5, 0.6) is 0 Å². The zero-order valence-electron chi connectivity index (χ0n) is 24.1. The molecule has 2 amide bonds. The average Bonchev–Trinajstić information content (AvgIpc) is 3.01. The maximum Gasteiger partial charge on any atom is 0.416 e. The van der Waals surface area contributed by atoms with Crippen molar-refractivity contribution in [2.45, 2.75) is 38.7 Å². The molecule has 10 nitrogen and oxygen atoms in total. The zero-order chi connectivity index (χ0) is 32.6. The monoisotopic (exact) mass is 675 g/mol. The number of nitrogens with zero attached hydrogens (tertiary/aromatic N) is 5. The number of carbonyl (C=O) groups is 2. The quantitative estimate of drug-likeness (QED) is 0.297. The standard InChI is InChI=1S/C29H26Cl2F3N7O3Si/c1-15-10-19-23(14-40(15)26(43)16-4-9-20(30)21(31)11-16)38-28(39-45(3)18-7-5-17(6-8-18)29(32,33)34)41(27(19)44)24-13-36-22(12-37-24)25(42)35-2/h4-9,11-13,15,45H,10,14H2,1-3H3,(H,35,42)(H,38,39)/t15-,45+/m1/s1. The van der Waals surface area contributed by atoms with Crippen LogP contribution in [-0.4, -0.2) is 58.3 Å². The highest BCUT2D eigenvalue weighted by Gasteiger charge is 2.33. The van der Waals surface area contributed by atoms with E-state index >= 15 is 0 Å². The van der Waals surface area contributed by atoms with E-state index in [0.717, 1.165) is 12.1 Å². The minimum absolute atomic E-state index is 0.0117. The summed E-state index contributed by atoms with van der Waals surface area (Å²) in [7, 11) is -0.824. The lowest BCUT2D eigenvalue weighted by Crippen LogP contribution is -2.46. The number of carbonyl (C=O) groups excluding carboxylic acids is 2. The van der Waals surface area contributed by atoms with Crippen molar-refractivity contribution in [1.82, 2.24) is 29.7 Å². The summed E-state index contributed by atoms with van der Waals surface area (Å²) in [6, 6.07) is 8.98. The van der Waals surface area contributed by atoms with Crippen molar-refractivity contribution >= 4 is 55.1 Å². The first kappa shape index (κ1) is 32.1. The van der Waals surface area contributed by atoms with Gasteiger partial charge in [-0.05, 0) is 36.7 Å². The van der Waals surface area contributed by atoms with Gasteiger partial charge in [-0.15, -0.1) is 0 Å². The van der Waals surface area contributed by atoms with E-state index in [9.17, 15) is 27.6 Å². The van der Waals surface area contributed by atoms with Crippen LogP contribution < -0.4 is 21.0 Å². The third kappa shape index (κ3) is 6.58. The second-order valence-corrected chi connectivity index (χ2v) is 13.7. The lowest BCUT2D eigenvalue weighted by atomic mass is 9.98. The summed E-state index contributed by atoms with van der Waals surface area (Å²) < 4.78 is 40.7. The molecule has 2 aromatic carbocycles. The average molecular weight is 677 g/mol. The first-order valence-corrected chi connectivity index (χ1v) is 16.7. The highest BCUT2D eigenvalue weighted by atomic mass is 35.5. The molecule has 0 fully saturated rings. The molecule has 2 aromatic heterocycles. The number of halogens is 5. The Balaban J connectivity index is 1.56. The van der Waals surface area contributed by atoms with Crippen LogP contribution in [0.4, 0.5) is 19.1 Å². The summed E-state index contributed by atoms with van der Waals surface area (Å²) in [5.74, 6) is -0.625. The van der Waals surface area contributed by atoms with Crippen LogP contribution in [0.1, 0.15) is 44.6 Å². The fourth-order valence-corrected chi connectivity index (χ4v) is 6.77. The molecule has 1 aliphatic rings. The van der Waals surface area contributed by atoms with Gasteiger partial charge < -0.3 is 15.2 Å². The molecule has 234 valence electrons. The van der Waals surface area contributed by atoms with Gasteiger partial charge in [-0.1, -0.05) is 54.0 Å². The zero-order valence-corrected chi connectivity index (χ0v) is 26.8. The highest BCUT2D eigenvalue weighted by Crippen LogP contribution is 2.29. The first-order chi connectivity index (χ1) is 21.3. The van der Waals surface area contributed by atoms with Crippen LogP contribution in [0, 0.1) is 0 Å². The molecule has 0 bridgehead atoms. The number of anilines is 1. The molecule has 0 unspecified atom stereocenters. The Morgan fingerprint density at radius 1 is 1.04 bits per heavy atom. The number of aromatic nitrogens is 4. The molecule has 45 heavy (non-hydrogen) atoms. The second kappa shape index (κ2) is 12.6. The van der Waals surface area contributed by atoms with Crippen LogP contribution in [0.25, 0.3) is 5.82 Å². The Morgan fingerprint density at radius 3 is 2.36 bits per heavy atom. The molecule has 16 heteroatoms. The van der Waals surface area contributed by atoms with Gasteiger partial charge in [0.25, 0.3) is 17.4 Å². The molecule has 0 saturated carbocycles. The summed E-state index contributed by atoms with van der Waals surface area (Å²) in [6.45, 7) is 3.66. The summed E-state index contributed by atoms with van der Waals surface area (Å²) in [4.78, 5) is 57.6. The van der Waals surface area contributed by atoms with Crippen LogP contribution in [0.2, 0.25) is 16.6 Å². The van der Waals surface area contributed by atoms with Gasteiger partial charge in [0, 0.05) is 24.2 Å². The van der Waals surface area contributed by atoms with Crippen LogP contribution in [0.15, 0.2) is 59.7 Å². The van der Waals surface area contributed by atoms with Crippen molar-refractivity contribution in [2.75, 3.05) is 12.0 Å². The predicted molar refractivity (Wildman–Crippen MR) is 166 cm³/mol. The summed E-state index contributed by atoms with van der Waals surface area (Å²) in [5, 5.41) is 3.62. The van der Waals surface area contributed by atoms with E-state index in [1.165, 1.54) is 48.3 Å². The molecule has 4 aromatic rings. The molecule has 0 spiro atoms. The number of amides is 2. The van der Waals surface area contributed by atoms with Gasteiger partial charge >= 0.3 is 6.18 Å². The van der Waals surface area contributed by atoms with Crippen LogP contribution >= 0.6 is 23.2 Å². The lowest BCUT2D eigenvalue weighted by molar-refractivity contribution is -0.137. The molecule has 2 N–H and O–H groups in total. The number of nitrogens with one attached hydrogen (secondary N) is 2. The molecule has 0 radical (unpaired) electrons. The number of hydrogen-bond donors (Lipinski definition) is 2. The number of fused-ring (bicyclic) bond motifs is 1. The van der Waals surface area contributed by atoms with E-state index in [1.54, 1.807) is 11.0 Å². The normalized spacial score (nSPS) is 15.3. The van der Waals surface area contributed by atoms with Crippen molar-refractivity contribution in [3.8, 4) is 5.82 Å². The van der Waals surface area contributed by atoms with E-state index < -0.39 is 32.2 Å². The molecular weight excluding hydrogens is 650 g/mol. The van der Waals surface area contributed by atoms with Gasteiger partial charge in [0.1, 0.15) is 5.69 Å². The molecule has 1 aliphatic heterocycles. The number of hydrogen-bond acceptors (Lipinski definition) is 7. The maximum atomic E-state index is 14.0. The van der Waals surface area contributed by atoms with Gasteiger partial charge in [0.2, 0.25) is 5.95 Å². The Kier molecular flexibility index (Phi) is 9.01. The Bertz CT molecular complexity index is 1840. The van der Waals surface area contributed by atoms with Gasteiger partial charge in [-0.3, -0.25) is 14.4 Å². The van der Waals surface area contributed by atoms with E-state index in [2.05, 4.69) is 20.3 Å². The van der Waals surface area contributed by atoms with Crippen molar-refractivity contribution in [3.63, 3.8) is 0 Å². The molecule has 5 rings (SSSR count). The van der Waals surface area contributed by atoms with Gasteiger partial charge in [0.15, 0.2) is 14.8 Å². The van der Waals surface area contributed by atoms with Gasteiger partial charge in [-0.2, -0.15) is 13.2 Å². The Morgan fingerprint density at radius 2 is 1.76 bits per heavy atom. The fraction of sp³-hybridized carbons (Fsp3) is 0.241. The minimum atomic E-state index is -4.48. The topological polar surface area (TPSA) is 122 Å². The summed E-state index contributed by atoms with van der Waals surface area (Å²) in [6.07, 6.45) is -1.80. The molecule has 0 saturated heterocycles. The van der Waals surface area contributed by atoms with E-state index in [4.69, 9.17) is 28.2 Å². The second-order valence-electron chi connectivity index (χ2n) is 10.4. The van der Waals surface area contributed by atoms with Crippen LogP contribution in [0.3, 0.4) is 0 Å². The number of alkyl halides is 3. The third-order valence-corrected chi connectivity index (χ3v) is 10.3. The Hall–Kier alpha value is -4.27. The SMILES string of the molecule is CNC(=O)c1cnc(-n2c(N[Si@@H](C)c3ccc(C(F)(F)F)cc3)nc3c(c2=O)C[C@@H](C)N(C(=O)c2ccc(Cl)c(Cl)c2)C3)cn1. The van der Waals surface area contributed by atoms with Crippen LogP contribution in [-0.2, 0) is 19.1 Å². The van der Waals surface area contributed by atoms with Gasteiger partial charge in [0.05, 0.1) is 40.2 Å². The first-order valence-electron chi connectivity index (χ1n) is 13.7. The number of benzene rings is 2. The lowest BCUT2D eigenvalue weighted by Gasteiger charge is -2.34. The Labute approximate surface area is 266 Å².